The second kappa shape index (κ2) is 9.37. The first-order valence-corrected chi connectivity index (χ1v) is 9.97. The Morgan fingerprint density at radius 3 is 2.41 bits per heavy atom. The van der Waals surface area contributed by atoms with Crippen molar-refractivity contribution in [1.29, 1.82) is 0 Å². The summed E-state index contributed by atoms with van der Waals surface area (Å²) in [6, 6.07) is 4.63. The van der Waals surface area contributed by atoms with Crippen LogP contribution in [0, 0.1) is 10.1 Å². The molecule has 14 heteroatoms. The van der Waals surface area contributed by atoms with Crippen molar-refractivity contribution in [3.63, 3.8) is 0 Å². The number of amides is 1. The molecule has 0 unspecified atom stereocenters. The Labute approximate surface area is 191 Å². The highest BCUT2D eigenvalue weighted by atomic mass is 32.2. The molecule has 2 aromatic carbocycles. The van der Waals surface area contributed by atoms with Crippen LogP contribution in [0.4, 0.5) is 36.8 Å². The molecule has 1 N–H and O–H groups in total. The van der Waals surface area contributed by atoms with Crippen molar-refractivity contribution in [2.45, 2.75) is 19.0 Å². The van der Waals surface area contributed by atoms with Crippen LogP contribution in [0.1, 0.15) is 22.3 Å². The molecular formula is C20H13F6N3O4S. The topological polar surface area (TPSA) is 93.8 Å². The van der Waals surface area contributed by atoms with Crippen molar-refractivity contribution < 1.29 is 40.8 Å². The van der Waals surface area contributed by atoms with E-state index in [1.54, 1.807) is 0 Å². The Morgan fingerprint density at radius 2 is 1.82 bits per heavy atom. The lowest BCUT2D eigenvalue weighted by Gasteiger charge is -2.16. The zero-order chi connectivity index (χ0) is 25.3. The molecule has 7 nitrogen and oxygen atoms in total. The van der Waals surface area contributed by atoms with Crippen LogP contribution < -0.4 is 10.1 Å². The van der Waals surface area contributed by atoms with E-state index >= 15 is 0 Å². The smallest absolute Gasteiger partial charge is 0.416 e. The highest BCUT2D eigenvalue weighted by Crippen LogP contribution is 2.38. The average Bonchev–Trinajstić information content (AvgIpc) is 3.10. The molecule has 1 fully saturated rings. The van der Waals surface area contributed by atoms with Crippen molar-refractivity contribution in [3.8, 4) is 5.75 Å². The summed E-state index contributed by atoms with van der Waals surface area (Å²) in [7, 11) is 1.44. The van der Waals surface area contributed by atoms with Gasteiger partial charge in [0, 0.05) is 18.7 Å². The van der Waals surface area contributed by atoms with E-state index in [1.807, 2.05) is 0 Å². The third kappa shape index (κ3) is 5.68. The third-order valence-electron chi connectivity index (χ3n) is 4.48. The van der Waals surface area contributed by atoms with E-state index in [2.05, 4.69) is 10.3 Å². The van der Waals surface area contributed by atoms with Gasteiger partial charge in [0.05, 0.1) is 21.0 Å². The molecule has 34 heavy (non-hydrogen) atoms. The lowest BCUT2D eigenvalue weighted by atomic mass is 10.0. The van der Waals surface area contributed by atoms with Gasteiger partial charge in [0.25, 0.3) is 5.24 Å². The highest BCUT2D eigenvalue weighted by molar-refractivity contribution is 8.18. The molecule has 0 atom stereocenters. The minimum Gasteiger partial charge on any atom is -0.482 e. The largest absolute Gasteiger partial charge is 0.482 e. The number of aliphatic imine (C=N–C) groups is 1. The van der Waals surface area contributed by atoms with E-state index in [9.17, 15) is 41.3 Å². The molecule has 1 aliphatic heterocycles. The summed E-state index contributed by atoms with van der Waals surface area (Å²) >= 11 is 0.818. The maximum absolute atomic E-state index is 13.3. The second-order valence-electron chi connectivity index (χ2n) is 6.74. The Hall–Kier alpha value is -3.55. The van der Waals surface area contributed by atoms with Crippen LogP contribution in [-0.2, 0) is 19.0 Å². The number of nitrogens with zero attached hydrogens (tertiary/aromatic N) is 2. The van der Waals surface area contributed by atoms with Gasteiger partial charge in [-0.05, 0) is 41.6 Å². The van der Waals surface area contributed by atoms with E-state index in [4.69, 9.17) is 4.74 Å². The summed E-state index contributed by atoms with van der Waals surface area (Å²) in [6.07, 6.45) is -8.65. The van der Waals surface area contributed by atoms with Gasteiger partial charge in [-0.25, -0.2) is 0 Å². The molecule has 180 valence electrons. The van der Waals surface area contributed by atoms with Crippen molar-refractivity contribution in [1.82, 2.24) is 5.32 Å². The summed E-state index contributed by atoms with van der Waals surface area (Å²) < 4.78 is 83.6. The minimum atomic E-state index is -5.11. The Bertz CT molecular complexity index is 1210. The van der Waals surface area contributed by atoms with Crippen LogP contribution in [0.15, 0.2) is 46.3 Å². The van der Waals surface area contributed by atoms with Crippen LogP contribution in [0.25, 0.3) is 6.08 Å². The average molecular weight is 505 g/mol. The molecule has 1 heterocycles. The summed E-state index contributed by atoms with van der Waals surface area (Å²) in [5.41, 5.74) is -3.98. The van der Waals surface area contributed by atoms with Gasteiger partial charge in [0.2, 0.25) is 0 Å². The van der Waals surface area contributed by atoms with Gasteiger partial charge in [-0.2, -0.15) is 26.3 Å². The van der Waals surface area contributed by atoms with Gasteiger partial charge in [-0.15, -0.1) is 0 Å². The number of halogens is 6. The summed E-state index contributed by atoms with van der Waals surface area (Å²) in [4.78, 5) is 26.4. The number of nitro groups is 1. The van der Waals surface area contributed by atoms with Crippen molar-refractivity contribution >= 4 is 34.6 Å². The first-order valence-electron chi connectivity index (χ1n) is 9.16. The molecule has 0 aromatic heterocycles. The van der Waals surface area contributed by atoms with Crippen LogP contribution in [0.3, 0.4) is 0 Å². The summed E-state index contributed by atoms with van der Waals surface area (Å²) in [5, 5.41) is 13.6. The monoisotopic (exact) mass is 505 g/mol. The zero-order valence-electron chi connectivity index (χ0n) is 17.0. The van der Waals surface area contributed by atoms with Crippen LogP contribution in [0.5, 0.6) is 5.75 Å². The van der Waals surface area contributed by atoms with Crippen molar-refractivity contribution in [3.05, 3.63) is 73.7 Å². The lowest BCUT2D eigenvalue weighted by molar-refractivity contribution is -0.386. The standard InChI is InChI=1S/C20H13F6N3O4S/c1-27-17-16(34-18(30)28-17)7-10-2-5-15(14(6-10)29(31)32)33-9-11-3-4-12(19(21,22)23)8-13(11)20(24,25)26/h2-8H,9H2,1H3,(H,27,28,30)/b16-7-. The Kier molecular flexibility index (Phi) is 6.91. The molecule has 2 aromatic rings. The van der Waals surface area contributed by atoms with Crippen molar-refractivity contribution in [2.75, 3.05) is 7.05 Å². The molecule has 0 aliphatic carbocycles. The van der Waals surface area contributed by atoms with Crippen LogP contribution in [0.2, 0.25) is 0 Å². The van der Waals surface area contributed by atoms with Gasteiger partial charge in [-0.3, -0.25) is 19.9 Å². The number of benzene rings is 2. The molecule has 1 aliphatic rings. The van der Waals surface area contributed by atoms with Crippen LogP contribution in [-0.4, -0.2) is 23.0 Å². The van der Waals surface area contributed by atoms with Gasteiger partial charge in [0.1, 0.15) is 12.4 Å². The molecule has 3 rings (SSSR count). The number of nitrogens with one attached hydrogen (secondary N) is 1. The normalized spacial score (nSPS) is 16.7. The van der Waals surface area contributed by atoms with E-state index < -0.39 is 57.2 Å². The number of alkyl halides is 6. The molecule has 0 radical (unpaired) electrons. The van der Waals surface area contributed by atoms with E-state index in [0.717, 1.165) is 23.9 Å². The fourth-order valence-electron chi connectivity index (χ4n) is 2.93. The first kappa shape index (κ1) is 25.1. The number of carbonyl (C=O) groups excluding carboxylic acids is 1. The number of rotatable bonds is 5. The van der Waals surface area contributed by atoms with Gasteiger partial charge in [-0.1, -0.05) is 12.1 Å². The number of thioether (sulfide) groups is 1. The predicted molar refractivity (Wildman–Crippen MR) is 111 cm³/mol. The number of ether oxygens (including phenoxy) is 1. The van der Waals surface area contributed by atoms with Crippen LogP contribution >= 0.6 is 11.8 Å². The minimum absolute atomic E-state index is 0.0378. The second-order valence-corrected chi connectivity index (χ2v) is 7.75. The SMILES string of the molecule is CN=C1NC(=O)S/C1=C\c1ccc(OCc2ccc(C(F)(F)F)cc2C(F)(F)F)c([N+](=O)[O-])c1. The van der Waals surface area contributed by atoms with Gasteiger partial charge >= 0.3 is 18.0 Å². The number of hydrogen-bond donors (Lipinski definition) is 1. The summed E-state index contributed by atoms with van der Waals surface area (Å²) in [6.45, 7) is -0.866. The molecule has 0 saturated carbocycles. The molecule has 1 saturated heterocycles. The number of hydrogen-bond acceptors (Lipinski definition) is 6. The Balaban J connectivity index is 1.91. The number of nitro benzene ring substituents is 1. The molecule has 1 amide bonds. The Morgan fingerprint density at radius 1 is 1.12 bits per heavy atom. The predicted octanol–water partition coefficient (Wildman–Crippen LogP) is 6.04. The number of amidine groups is 1. The lowest BCUT2D eigenvalue weighted by Crippen LogP contribution is -2.18. The third-order valence-corrected chi connectivity index (χ3v) is 5.30. The number of carbonyl (C=O) groups is 1. The van der Waals surface area contributed by atoms with E-state index in [-0.39, 0.29) is 17.5 Å². The summed E-state index contributed by atoms with van der Waals surface area (Å²) in [5.74, 6) is -0.127. The molecular weight excluding hydrogens is 492 g/mol. The maximum atomic E-state index is 13.3. The fraction of sp³-hybridized carbons (Fsp3) is 0.200. The van der Waals surface area contributed by atoms with Gasteiger partial charge < -0.3 is 10.1 Å². The highest BCUT2D eigenvalue weighted by Gasteiger charge is 2.38. The van der Waals surface area contributed by atoms with Gasteiger partial charge in [0.15, 0.2) is 5.75 Å². The first-order chi connectivity index (χ1) is 15.8. The van der Waals surface area contributed by atoms with E-state index in [1.165, 1.54) is 19.2 Å². The quantitative estimate of drug-likeness (QED) is 0.304. The maximum Gasteiger partial charge on any atom is 0.416 e. The van der Waals surface area contributed by atoms with E-state index in [0.29, 0.717) is 17.0 Å². The molecule has 0 bridgehead atoms. The van der Waals surface area contributed by atoms with Crippen molar-refractivity contribution in [2.24, 2.45) is 4.99 Å². The zero-order valence-corrected chi connectivity index (χ0v) is 17.8. The molecule has 0 spiro atoms. The fourth-order valence-corrected chi connectivity index (χ4v) is 3.72.